The van der Waals surface area contributed by atoms with Crippen molar-refractivity contribution < 1.29 is 9.15 Å². The molecule has 14 rings (SSSR count). The minimum atomic E-state index is 0.701. The number of aryl methyl sites for hydroxylation is 3. The molecule has 4 heteroatoms. The summed E-state index contributed by atoms with van der Waals surface area (Å²) in [7, 11) is 0. The van der Waals surface area contributed by atoms with Crippen LogP contribution in [0.1, 0.15) is 138 Å². The molecule has 2 fully saturated rings. The highest BCUT2D eigenvalue weighted by molar-refractivity contribution is 5.97. The second-order valence-corrected chi connectivity index (χ2v) is 21.1. The van der Waals surface area contributed by atoms with Crippen LogP contribution in [0, 0.1) is 0 Å². The van der Waals surface area contributed by atoms with Gasteiger partial charge < -0.3 is 14.5 Å². The van der Waals surface area contributed by atoms with Crippen molar-refractivity contribution in [2.45, 2.75) is 108 Å². The highest BCUT2D eigenvalue weighted by Gasteiger charge is 2.35. The van der Waals surface area contributed by atoms with E-state index in [9.17, 15) is 0 Å². The first-order valence-electron chi connectivity index (χ1n) is 26.3. The summed E-state index contributed by atoms with van der Waals surface area (Å²) in [5, 5.41) is 1.26. The largest absolute Gasteiger partial charge is 0.456 e. The van der Waals surface area contributed by atoms with Crippen molar-refractivity contribution >= 4 is 45.3 Å². The lowest BCUT2D eigenvalue weighted by Crippen LogP contribution is -2.35. The van der Waals surface area contributed by atoms with Crippen LogP contribution in [0.25, 0.3) is 45.3 Å². The molecule has 0 unspecified atom stereocenters. The molecule has 4 nitrogen and oxygen atoms in total. The molecule has 5 aliphatic heterocycles. The predicted molar refractivity (Wildman–Crippen MR) is 282 cm³/mol. The fraction of sp³-hybridized carbons (Fsp3) is 0.328. The molecular weight excluding hydrogens is 829 g/mol. The third-order valence-electron chi connectivity index (χ3n) is 16.5. The first-order valence-corrected chi connectivity index (χ1v) is 26.3. The fourth-order valence-corrected chi connectivity index (χ4v) is 12.9. The van der Waals surface area contributed by atoms with E-state index >= 15 is 0 Å². The summed E-state index contributed by atoms with van der Waals surface area (Å²) in [4.78, 5) is 5.28. The van der Waals surface area contributed by atoms with Gasteiger partial charge in [-0.05, 0) is 189 Å². The Morgan fingerprint density at radius 3 is 1.91 bits per heavy atom. The summed E-state index contributed by atoms with van der Waals surface area (Å²) in [6.07, 6.45) is 30.0. The monoisotopic (exact) mass is 889 g/mol. The molecule has 0 bridgehead atoms. The van der Waals surface area contributed by atoms with Gasteiger partial charge in [-0.3, -0.25) is 0 Å². The highest BCUT2D eigenvalue weighted by atomic mass is 16.5. The molecule has 0 radical (unpaired) electrons. The van der Waals surface area contributed by atoms with Crippen molar-refractivity contribution in [1.82, 2.24) is 0 Å². The quantitative estimate of drug-likeness (QED) is 0.142. The van der Waals surface area contributed by atoms with Crippen molar-refractivity contribution in [3.8, 4) is 17.1 Å². The number of allylic oxidation sites excluding steroid dienone is 8. The van der Waals surface area contributed by atoms with Gasteiger partial charge in [0.1, 0.15) is 11.5 Å². The Hall–Kier alpha value is -6.39. The van der Waals surface area contributed by atoms with Crippen LogP contribution in [-0.2, 0) is 25.7 Å². The molecule has 8 aliphatic rings. The molecule has 0 atom stereocenters. The van der Waals surface area contributed by atoms with Crippen molar-refractivity contribution in [3.05, 3.63) is 188 Å². The molecule has 338 valence electrons. The zero-order valence-electron chi connectivity index (χ0n) is 39.4. The van der Waals surface area contributed by atoms with Gasteiger partial charge in [0.15, 0.2) is 0 Å². The van der Waals surface area contributed by atoms with Gasteiger partial charge in [0.05, 0.1) is 28.3 Å². The maximum atomic E-state index is 7.04. The average Bonchev–Trinajstić information content (AvgIpc) is 4.34. The van der Waals surface area contributed by atoms with Crippen molar-refractivity contribution in [1.29, 1.82) is 0 Å². The number of benzene rings is 5. The Morgan fingerprint density at radius 1 is 0.559 bits per heavy atom. The molecule has 5 aromatic carbocycles. The van der Waals surface area contributed by atoms with Crippen LogP contribution in [-0.4, -0.2) is 26.2 Å². The highest BCUT2D eigenvalue weighted by Crippen LogP contribution is 2.51. The molecule has 6 aromatic rings. The number of fused-ring (bicyclic) bond motifs is 4. The van der Waals surface area contributed by atoms with E-state index in [1.54, 1.807) is 11.1 Å². The van der Waals surface area contributed by atoms with Crippen LogP contribution in [0.4, 0.5) is 11.4 Å². The summed E-state index contributed by atoms with van der Waals surface area (Å²) < 4.78 is 14.1. The fourth-order valence-electron chi connectivity index (χ4n) is 12.9. The molecule has 2 saturated carbocycles. The molecule has 68 heavy (non-hydrogen) atoms. The van der Waals surface area contributed by atoms with E-state index in [4.69, 9.17) is 9.15 Å². The second-order valence-electron chi connectivity index (χ2n) is 21.1. The summed E-state index contributed by atoms with van der Waals surface area (Å²) in [6, 6.07) is 36.6. The third kappa shape index (κ3) is 7.29. The maximum absolute atomic E-state index is 7.04. The number of nitrogens with zero attached hydrogens (tertiary/aromatic N) is 2. The number of rotatable bonds is 8. The van der Waals surface area contributed by atoms with Crippen molar-refractivity contribution in [2.75, 3.05) is 36.0 Å². The number of hydrogen-bond donors (Lipinski definition) is 0. The van der Waals surface area contributed by atoms with Gasteiger partial charge in [-0.25, -0.2) is 4.42 Å². The lowest BCUT2D eigenvalue weighted by atomic mass is 9.81. The van der Waals surface area contributed by atoms with Gasteiger partial charge in [0, 0.05) is 54.1 Å². The van der Waals surface area contributed by atoms with Crippen molar-refractivity contribution in [2.24, 2.45) is 0 Å². The van der Waals surface area contributed by atoms with Crippen LogP contribution in [0.5, 0.6) is 5.75 Å². The second kappa shape index (κ2) is 16.7. The van der Waals surface area contributed by atoms with Gasteiger partial charge in [0.25, 0.3) is 0 Å². The smallest absolute Gasteiger partial charge is 0.366 e. The lowest BCUT2D eigenvalue weighted by molar-refractivity contribution is 0.494. The maximum Gasteiger partial charge on any atom is 0.366 e. The first kappa shape index (κ1) is 40.7. The van der Waals surface area contributed by atoms with E-state index in [-0.39, 0.29) is 0 Å². The van der Waals surface area contributed by atoms with Gasteiger partial charge in [-0.1, -0.05) is 91.0 Å². The molecule has 0 amide bonds. The zero-order chi connectivity index (χ0) is 44.7. The molecule has 0 N–H and O–H groups in total. The number of ether oxygens (including phenoxy) is 1. The summed E-state index contributed by atoms with van der Waals surface area (Å²) in [5.41, 5.74) is 24.7. The van der Waals surface area contributed by atoms with Gasteiger partial charge in [-0.15, -0.1) is 0 Å². The van der Waals surface area contributed by atoms with Gasteiger partial charge in [-0.2, -0.15) is 0 Å². The summed E-state index contributed by atoms with van der Waals surface area (Å²) in [5.74, 6) is 4.37. The Bertz CT molecular complexity index is 3160. The van der Waals surface area contributed by atoms with E-state index in [0.717, 1.165) is 105 Å². The Labute approximate surface area is 402 Å². The molecule has 6 heterocycles. The van der Waals surface area contributed by atoms with Gasteiger partial charge in [0.2, 0.25) is 0 Å². The van der Waals surface area contributed by atoms with Crippen molar-refractivity contribution in [3.63, 3.8) is 0 Å². The summed E-state index contributed by atoms with van der Waals surface area (Å²) in [6.45, 7) is 4.60. The topological polar surface area (TPSA) is 27.0 Å². The van der Waals surface area contributed by atoms with Crippen LogP contribution in [0.2, 0.25) is 0 Å². The van der Waals surface area contributed by atoms with Crippen LogP contribution < -0.4 is 14.5 Å². The number of anilines is 2. The first-order chi connectivity index (χ1) is 33.7. The third-order valence-corrected chi connectivity index (χ3v) is 16.5. The standard InChI is InChI=1S/C64H61N2O2/c1-3-12-43(13-4-1)58-39-47(56-37-49-18-8-30-65-32-10-20-54(61(49)65)63(56)67-58)28-26-45-16-7-17-46(60(45)53-35-51(41-22-23-41)34-52(36-53)42-24-25-42)27-29-48-40-59(44-14-5-2-6-15-44)68-64-55-21-11-33-66-31-9-19-50(62(55)66)38-57(48)64/h1-6,12-15,26-29,34-42H,7-11,16-25,30-33H2/q+1. The molecule has 0 spiro atoms. The minimum absolute atomic E-state index is 0.701. The number of hydrogen-bond acceptors (Lipinski definition) is 3. The van der Waals surface area contributed by atoms with E-state index in [1.807, 2.05) is 0 Å². The molecular formula is C64H61N2O2+. The average molecular weight is 890 g/mol. The molecule has 1 aromatic heterocycles. The van der Waals surface area contributed by atoms with E-state index in [1.165, 1.54) is 129 Å². The minimum Gasteiger partial charge on any atom is -0.456 e. The van der Waals surface area contributed by atoms with E-state index in [2.05, 4.69) is 137 Å². The van der Waals surface area contributed by atoms with Gasteiger partial charge >= 0.3 is 11.3 Å². The Kier molecular flexibility index (Phi) is 9.98. The van der Waals surface area contributed by atoms with Crippen LogP contribution in [0.15, 0.2) is 137 Å². The van der Waals surface area contributed by atoms with Crippen LogP contribution >= 0.6 is 0 Å². The summed E-state index contributed by atoms with van der Waals surface area (Å²) >= 11 is 0. The Morgan fingerprint density at radius 2 is 1.21 bits per heavy atom. The predicted octanol–water partition coefficient (Wildman–Crippen LogP) is 15.6. The molecule has 0 saturated heterocycles. The Balaban J connectivity index is 0.953. The zero-order valence-corrected chi connectivity index (χ0v) is 39.4. The molecule has 3 aliphatic carbocycles. The normalized spacial score (nSPS) is 21.0. The lowest BCUT2D eigenvalue weighted by Gasteiger charge is -2.39. The van der Waals surface area contributed by atoms with E-state index < -0.39 is 0 Å². The van der Waals surface area contributed by atoms with Crippen LogP contribution in [0.3, 0.4) is 0 Å². The van der Waals surface area contributed by atoms with E-state index in [0.29, 0.717) is 11.8 Å². The SMILES string of the molecule is C1=C(c2ccccc2)Oc2c(cc3c4c2CCCN4CCC3)/C1=C/C=C1\CCCC(/C=C/c2cc(-c3ccccc3)[o+]c3c4c5c(cc23)CCCN5CCC4)=C1c1cc(C2CC2)cc(C2CC2)c1.